The molecule has 58 valence electrons. The van der Waals surface area contributed by atoms with Crippen LogP contribution < -0.4 is 0 Å². The molecule has 0 radical (unpaired) electrons. The maximum absolute atomic E-state index is 10.5. The van der Waals surface area contributed by atoms with Gasteiger partial charge in [-0.25, -0.2) is 0 Å². The van der Waals surface area contributed by atoms with Gasteiger partial charge in [-0.05, 0) is 53.6 Å². The number of rotatable bonds is 1. The first kappa shape index (κ1) is 8.71. The highest BCUT2D eigenvalue weighted by Gasteiger charge is 2.00. The maximum atomic E-state index is 10.5. The molecule has 1 aromatic rings. The van der Waals surface area contributed by atoms with Gasteiger partial charge in [-0.2, -0.15) is 0 Å². The normalized spacial score (nSPS) is 9.73. The first-order valence-electron chi connectivity index (χ1n) is 3.37. The first-order chi connectivity index (χ1) is 5.15. The maximum Gasteiger partial charge on any atom is 0.150 e. The SMILES string of the molecule is Cc1cc(C)c(C=O)cc1I. The molecule has 0 aliphatic heterocycles. The van der Waals surface area contributed by atoms with Crippen molar-refractivity contribution in [2.45, 2.75) is 13.8 Å². The molecule has 0 unspecified atom stereocenters. The van der Waals surface area contributed by atoms with Gasteiger partial charge in [0.1, 0.15) is 6.29 Å². The number of aryl methyl sites for hydroxylation is 2. The average Bonchev–Trinajstić information content (AvgIpc) is 1.97. The molecule has 11 heavy (non-hydrogen) atoms. The van der Waals surface area contributed by atoms with Crippen LogP contribution in [0, 0.1) is 17.4 Å². The minimum Gasteiger partial charge on any atom is -0.298 e. The fourth-order valence-corrected chi connectivity index (χ4v) is 1.46. The Kier molecular flexibility index (Phi) is 2.65. The third kappa shape index (κ3) is 1.80. The van der Waals surface area contributed by atoms with Crippen LogP contribution in [-0.4, -0.2) is 6.29 Å². The highest BCUT2D eigenvalue weighted by atomic mass is 127. The molecule has 0 fully saturated rings. The zero-order chi connectivity index (χ0) is 8.43. The first-order valence-corrected chi connectivity index (χ1v) is 4.45. The summed E-state index contributed by atoms with van der Waals surface area (Å²) < 4.78 is 1.15. The van der Waals surface area contributed by atoms with E-state index in [-0.39, 0.29) is 0 Å². The van der Waals surface area contributed by atoms with Gasteiger partial charge in [0.05, 0.1) is 0 Å². The van der Waals surface area contributed by atoms with E-state index < -0.39 is 0 Å². The second-order valence-electron chi connectivity index (χ2n) is 2.58. The second-order valence-corrected chi connectivity index (χ2v) is 3.74. The molecule has 0 heterocycles. The highest BCUT2D eigenvalue weighted by Crippen LogP contribution is 2.16. The van der Waals surface area contributed by atoms with Crippen LogP contribution in [-0.2, 0) is 0 Å². The van der Waals surface area contributed by atoms with Gasteiger partial charge in [0.25, 0.3) is 0 Å². The molecule has 1 rings (SSSR count). The van der Waals surface area contributed by atoms with E-state index in [1.54, 1.807) is 0 Å². The minimum atomic E-state index is 0.792. The fourth-order valence-electron chi connectivity index (χ4n) is 0.968. The molecule has 0 atom stereocenters. The molecule has 0 amide bonds. The van der Waals surface area contributed by atoms with Crippen molar-refractivity contribution in [2.75, 3.05) is 0 Å². The quantitative estimate of drug-likeness (QED) is 0.560. The Balaban J connectivity index is 3.31. The van der Waals surface area contributed by atoms with E-state index >= 15 is 0 Å². The van der Waals surface area contributed by atoms with E-state index in [1.807, 2.05) is 26.0 Å². The molecule has 0 aromatic heterocycles. The molecule has 0 N–H and O–H groups in total. The molecule has 0 aliphatic rings. The number of carbonyl (C=O) groups excluding carboxylic acids is 1. The van der Waals surface area contributed by atoms with Crippen molar-refractivity contribution in [3.05, 3.63) is 32.4 Å². The number of carbonyl (C=O) groups is 1. The summed E-state index contributed by atoms with van der Waals surface area (Å²) in [6.07, 6.45) is 0.900. The number of hydrogen-bond donors (Lipinski definition) is 0. The summed E-state index contributed by atoms with van der Waals surface area (Å²) in [5, 5.41) is 0. The van der Waals surface area contributed by atoms with Crippen LogP contribution in [0.3, 0.4) is 0 Å². The van der Waals surface area contributed by atoms with Crippen LogP contribution in [0.25, 0.3) is 0 Å². The van der Waals surface area contributed by atoms with Gasteiger partial charge in [0.15, 0.2) is 0 Å². The average molecular weight is 260 g/mol. The van der Waals surface area contributed by atoms with Gasteiger partial charge in [-0.1, -0.05) is 6.07 Å². The lowest BCUT2D eigenvalue weighted by Crippen LogP contribution is -1.90. The van der Waals surface area contributed by atoms with E-state index in [2.05, 4.69) is 22.6 Å². The lowest BCUT2D eigenvalue weighted by Gasteiger charge is -2.02. The van der Waals surface area contributed by atoms with E-state index in [4.69, 9.17) is 0 Å². The van der Waals surface area contributed by atoms with E-state index in [1.165, 1.54) is 5.56 Å². The Bertz CT molecular complexity index is 292. The van der Waals surface area contributed by atoms with Gasteiger partial charge < -0.3 is 0 Å². The largest absolute Gasteiger partial charge is 0.298 e. The summed E-state index contributed by atoms with van der Waals surface area (Å²) in [4.78, 5) is 10.5. The predicted octanol–water partition coefficient (Wildman–Crippen LogP) is 2.72. The van der Waals surface area contributed by atoms with Crippen LogP contribution in [0.1, 0.15) is 21.5 Å². The van der Waals surface area contributed by atoms with Crippen molar-refractivity contribution >= 4 is 28.9 Å². The van der Waals surface area contributed by atoms with Crippen molar-refractivity contribution < 1.29 is 4.79 Å². The Hall–Kier alpha value is -0.380. The minimum absolute atomic E-state index is 0.792. The molecule has 1 nitrogen and oxygen atoms in total. The van der Waals surface area contributed by atoms with Gasteiger partial charge in [-0.3, -0.25) is 4.79 Å². The molecule has 1 aromatic carbocycles. The summed E-state index contributed by atoms with van der Waals surface area (Å²) in [5.74, 6) is 0. The van der Waals surface area contributed by atoms with Crippen LogP contribution in [0.15, 0.2) is 12.1 Å². The van der Waals surface area contributed by atoms with Crippen LogP contribution in [0.2, 0.25) is 0 Å². The Labute approximate surface area is 79.9 Å². The number of hydrogen-bond acceptors (Lipinski definition) is 1. The molecular formula is C9H9IO. The summed E-state index contributed by atoms with van der Waals surface area (Å²) >= 11 is 2.23. The van der Waals surface area contributed by atoms with Crippen molar-refractivity contribution in [3.8, 4) is 0 Å². The summed E-state index contributed by atoms with van der Waals surface area (Å²) in [7, 11) is 0. The van der Waals surface area contributed by atoms with Crippen molar-refractivity contribution in [1.82, 2.24) is 0 Å². The van der Waals surface area contributed by atoms with E-state index in [0.717, 1.165) is 21.0 Å². The van der Waals surface area contributed by atoms with Gasteiger partial charge in [0.2, 0.25) is 0 Å². The molecule has 0 saturated carbocycles. The highest BCUT2D eigenvalue weighted by molar-refractivity contribution is 14.1. The molecule has 0 saturated heterocycles. The zero-order valence-electron chi connectivity index (χ0n) is 6.52. The predicted molar refractivity (Wildman–Crippen MR) is 54.0 cm³/mol. The van der Waals surface area contributed by atoms with E-state index in [0.29, 0.717) is 0 Å². The molecule has 0 spiro atoms. The van der Waals surface area contributed by atoms with Crippen LogP contribution in [0.5, 0.6) is 0 Å². The molecular weight excluding hydrogens is 251 g/mol. The molecule has 2 heteroatoms. The van der Waals surface area contributed by atoms with Crippen molar-refractivity contribution in [2.24, 2.45) is 0 Å². The third-order valence-corrected chi connectivity index (χ3v) is 2.84. The molecule has 0 aliphatic carbocycles. The monoisotopic (exact) mass is 260 g/mol. The summed E-state index contributed by atoms with van der Waals surface area (Å²) in [5.41, 5.74) is 3.08. The van der Waals surface area contributed by atoms with Crippen LogP contribution >= 0.6 is 22.6 Å². The van der Waals surface area contributed by atoms with Crippen molar-refractivity contribution in [1.29, 1.82) is 0 Å². The Morgan fingerprint density at radius 1 is 1.27 bits per heavy atom. The summed E-state index contributed by atoms with van der Waals surface area (Å²) in [6, 6.07) is 3.95. The van der Waals surface area contributed by atoms with Gasteiger partial charge in [-0.15, -0.1) is 0 Å². The van der Waals surface area contributed by atoms with Gasteiger partial charge in [0, 0.05) is 9.13 Å². The smallest absolute Gasteiger partial charge is 0.150 e. The number of aldehydes is 1. The second kappa shape index (κ2) is 3.34. The van der Waals surface area contributed by atoms with Crippen molar-refractivity contribution in [3.63, 3.8) is 0 Å². The summed E-state index contributed by atoms with van der Waals surface area (Å²) in [6.45, 7) is 4.00. The number of benzene rings is 1. The Morgan fingerprint density at radius 2 is 1.91 bits per heavy atom. The topological polar surface area (TPSA) is 17.1 Å². The lowest BCUT2D eigenvalue weighted by molar-refractivity contribution is 0.112. The standard InChI is InChI=1S/C9H9IO/c1-6-3-7(2)9(10)4-8(6)5-11/h3-5H,1-2H3. The molecule has 0 bridgehead atoms. The van der Waals surface area contributed by atoms with Gasteiger partial charge >= 0.3 is 0 Å². The third-order valence-electron chi connectivity index (χ3n) is 1.67. The number of halogens is 1. The lowest BCUT2D eigenvalue weighted by atomic mass is 10.1. The zero-order valence-corrected chi connectivity index (χ0v) is 8.68. The Morgan fingerprint density at radius 3 is 2.45 bits per heavy atom. The fraction of sp³-hybridized carbons (Fsp3) is 0.222. The van der Waals surface area contributed by atoms with E-state index in [9.17, 15) is 4.79 Å². The van der Waals surface area contributed by atoms with Crippen LogP contribution in [0.4, 0.5) is 0 Å².